The summed E-state index contributed by atoms with van der Waals surface area (Å²) in [6.07, 6.45) is 2.07. The van der Waals surface area contributed by atoms with Gasteiger partial charge in [0.2, 0.25) is 11.8 Å². The van der Waals surface area contributed by atoms with Gasteiger partial charge in [-0.15, -0.1) is 0 Å². The van der Waals surface area contributed by atoms with Crippen molar-refractivity contribution in [2.45, 2.75) is 50.2 Å². The molecule has 2 amide bonds. The molecule has 11 nitrogen and oxygen atoms in total. The van der Waals surface area contributed by atoms with E-state index in [0.717, 1.165) is 0 Å². The molecule has 0 radical (unpaired) electrons. The maximum atomic E-state index is 12.5. The molecular weight excluding hydrogens is 374 g/mol. The zero-order valence-electron chi connectivity index (χ0n) is 15.2. The van der Waals surface area contributed by atoms with Crippen LogP contribution in [0.15, 0.2) is 0 Å². The van der Waals surface area contributed by atoms with Gasteiger partial charge in [-0.1, -0.05) is 0 Å². The highest BCUT2D eigenvalue weighted by Gasteiger charge is 2.27. The van der Waals surface area contributed by atoms with Crippen LogP contribution in [0.2, 0.25) is 0 Å². The van der Waals surface area contributed by atoms with Crippen molar-refractivity contribution in [1.82, 2.24) is 16.0 Å². The predicted octanol–water partition coefficient (Wildman–Crippen LogP) is -2.31. The number of carbonyl (C=O) groups is 3. The molecule has 0 saturated heterocycles. The van der Waals surface area contributed by atoms with E-state index in [2.05, 4.69) is 28.6 Å². The lowest BCUT2D eigenvalue weighted by atomic mass is 10.1. The van der Waals surface area contributed by atoms with Crippen molar-refractivity contribution in [2.24, 2.45) is 17.2 Å². The lowest BCUT2D eigenvalue weighted by Gasteiger charge is -2.22. The van der Waals surface area contributed by atoms with Gasteiger partial charge in [0.1, 0.15) is 12.1 Å². The van der Waals surface area contributed by atoms with E-state index in [0.29, 0.717) is 32.4 Å². The Hall–Kier alpha value is -2.05. The Morgan fingerprint density at radius 3 is 2.15 bits per heavy atom. The molecule has 0 heterocycles. The molecule has 156 valence electrons. The number of hydrogen-bond acceptors (Lipinski definition) is 7. The second-order valence-corrected chi connectivity index (χ2v) is 6.38. The van der Waals surface area contributed by atoms with Gasteiger partial charge in [0.15, 0.2) is 5.96 Å². The van der Waals surface area contributed by atoms with Gasteiger partial charge >= 0.3 is 5.97 Å². The summed E-state index contributed by atoms with van der Waals surface area (Å²) >= 11 is 3.95. The molecule has 12 heteroatoms. The maximum absolute atomic E-state index is 12.5. The van der Waals surface area contributed by atoms with E-state index in [9.17, 15) is 19.5 Å². The lowest BCUT2D eigenvalue weighted by molar-refractivity contribution is -0.142. The van der Waals surface area contributed by atoms with Crippen LogP contribution in [0, 0.1) is 5.41 Å². The fourth-order valence-electron chi connectivity index (χ4n) is 2.18. The highest BCUT2D eigenvalue weighted by Crippen LogP contribution is 2.04. The molecular formula is C15H31N7O4S. The van der Waals surface area contributed by atoms with E-state index < -0.39 is 35.9 Å². The summed E-state index contributed by atoms with van der Waals surface area (Å²) in [4.78, 5) is 35.9. The molecule has 27 heavy (non-hydrogen) atoms. The van der Waals surface area contributed by atoms with Crippen molar-refractivity contribution in [3.63, 3.8) is 0 Å². The van der Waals surface area contributed by atoms with Crippen LogP contribution < -0.4 is 33.2 Å². The van der Waals surface area contributed by atoms with E-state index in [1.807, 2.05) is 0 Å². The van der Waals surface area contributed by atoms with Gasteiger partial charge in [0.05, 0.1) is 6.04 Å². The van der Waals surface area contributed by atoms with Crippen LogP contribution >= 0.6 is 12.6 Å². The molecule has 3 atom stereocenters. The van der Waals surface area contributed by atoms with Crippen LogP contribution in [-0.2, 0) is 14.4 Å². The smallest absolute Gasteiger partial charge is 0.326 e. The van der Waals surface area contributed by atoms with Crippen LogP contribution in [0.4, 0.5) is 0 Å². The van der Waals surface area contributed by atoms with Crippen LogP contribution in [-0.4, -0.2) is 65.8 Å². The first-order valence-corrected chi connectivity index (χ1v) is 9.34. The minimum absolute atomic E-state index is 0.100. The topological polar surface area (TPSA) is 209 Å². The fraction of sp³-hybridized carbons (Fsp3) is 0.733. The molecule has 0 saturated carbocycles. The summed E-state index contributed by atoms with van der Waals surface area (Å²) in [6, 6.07) is -2.93. The molecule has 0 aromatic carbocycles. The molecule has 11 N–H and O–H groups in total. The predicted molar refractivity (Wildman–Crippen MR) is 105 cm³/mol. The SMILES string of the molecule is N=C(N)NCCC[C@H](NC(=O)[C@@H](N)CS)C(=O)N[C@@H](CCCCN)C(=O)O. The quantitative estimate of drug-likeness (QED) is 0.0661. The maximum Gasteiger partial charge on any atom is 0.326 e. The van der Waals surface area contributed by atoms with Gasteiger partial charge in [-0.05, 0) is 38.6 Å². The van der Waals surface area contributed by atoms with Gasteiger partial charge in [-0.3, -0.25) is 15.0 Å². The Kier molecular flexibility index (Phi) is 13.0. The first kappa shape index (κ1) is 24.9. The number of rotatable bonds is 14. The molecule has 0 aromatic heterocycles. The molecule has 0 bridgehead atoms. The van der Waals surface area contributed by atoms with Gasteiger partial charge in [-0.2, -0.15) is 12.6 Å². The molecule has 0 rings (SSSR count). The first-order chi connectivity index (χ1) is 12.7. The van der Waals surface area contributed by atoms with E-state index >= 15 is 0 Å². The van der Waals surface area contributed by atoms with Crippen molar-refractivity contribution < 1.29 is 19.5 Å². The number of carboxylic acid groups (broad SMARTS) is 1. The van der Waals surface area contributed by atoms with Crippen molar-refractivity contribution in [3.05, 3.63) is 0 Å². The third kappa shape index (κ3) is 11.3. The zero-order chi connectivity index (χ0) is 20.8. The number of hydrogen-bond donors (Lipinski definition) is 9. The van der Waals surface area contributed by atoms with Crippen molar-refractivity contribution >= 4 is 36.4 Å². The summed E-state index contributed by atoms with van der Waals surface area (Å²) in [6.45, 7) is 0.760. The standard InChI is InChI=1S/C15H31N7O4S/c16-6-2-1-4-11(14(25)26)22-13(24)10(5-3-7-20-15(18)19)21-12(23)9(17)8-27/h9-11,27H,1-8,16-17H2,(H,21,23)(H,22,24)(H,25,26)(H4,18,19,20)/t9-,10-,11-/m0/s1. The Balaban J connectivity index is 4.91. The number of guanidine groups is 1. The third-order valence-electron chi connectivity index (χ3n) is 3.71. The number of amides is 2. The second-order valence-electron chi connectivity index (χ2n) is 6.02. The Bertz CT molecular complexity index is 507. The van der Waals surface area contributed by atoms with E-state index in [4.69, 9.17) is 22.6 Å². The number of carbonyl (C=O) groups excluding carboxylic acids is 2. The average Bonchev–Trinajstić information content (AvgIpc) is 2.61. The Labute approximate surface area is 164 Å². The molecule has 0 aromatic rings. The average molecular weight is 406 g/mol. The molecule has 0 fully saturated rings. The minimum atomic E-state index is -1.16. The monoisotopic (exact) mass is 405 g/mol. The van der Waals surface area contributed by atoms with E-state index in [1.54, 1.807) is 0 Å². The number of carboxylic acids is 1. The van der Waals surface area contributed by atoms with Gasteiger partial charge < -0.3 is 38.3 Å². The highest BCUT2D eigenvalue weighted by molar-refractivity contribution is 7.80. The summed E-state index contributed by atoms with van der Waals surface area (Å²) < 4.78 is 0. The first-order valence-electron chi connectivity index (χ1n) is 8.70. The largest absolute Gasteiger partial charge is 0.480 e. The summed E-state index contributed by atoms with van der Waals surface area (Å²) in [5, 5.41) is 23.9. The van der Waals surface area contributed by atoms with Crippen LogP contribution in [0.1, 0.15) is 32.1 Å². The molecule has 0 spiro atoms. The summed E-state index contributed by atoms with van der Waals surface area (Å²) in [7, 11) is 0. The van der Waals surface area contributed by atoms with Gasteiger partial charge in [0.25, 0.3) is 0 Å². The molecule has 0 aliphatic carbocycles. The molecule has 0 aliphatic rings. The van der Waals surface area contributed by atoms with E-state index in [1.165, 1.54) is 0 Å². The van der Waals surface area contributed by atoms with Crippen LogP contribution in [0.3, 0.4) is 0 Å². The van der Waals surface area contributed by atoms with Gasteiger partial charge in [0, 0.05) is 12.3 Å². The number of unbranched alkanes of at least 4 members (excludes halogenated alkanes) is 1. The van der Waals surface area contributed by atoms with Crippen LogP contribution in [0.5, 0.6) is 0 Å². The van der Waals surface area contributed by atoms with Gasteiger partial charge in [-0.25, -0.2) is 4.79 Å². The lowest BCUT2D eigenvalue weighted by Crippen LogP contribution is -2.54. The highest BCUT2D eigenvalue weighted by atomic mass is 32.1. The van der Waals surface area contributed by atoms with Crippen molar-refractivity contribution in [3.8, 4) is 0 Å². The minimum Gasteiger partial charge on any atom is -0.480 e. The second kappa shape index (κ2) is 14.1. The zero-order valence-corrected chi connectivity index (χ0v) is 16.1. The fourth-order valence-corrected chi connectivity index (χ4v) is 2.35. The number of aliphatic carboxylic acids is 1. The molecule has 0 unspecified atom stereocenters. The summed E-state index contributed by atoms with van der Waals surface area (Å²) in [5.74, 6) is -2.43. The number of nitrogens with two attached hydrogens (primary N) is 3. The Morgan fingerprint density at radius 2 is 1.63 bits per heavy atom. The number of nitrogens with one attached hydrogen (secondary N) is 4. The number of thiol groups is 1. The molecule has 0 aliphatic heterocycles. The Morgan fingerprint density at radius 1 is 1.04 bits per heavy atom. The van der Waals surface area contributed by atoms with Crippen molar-refractivity contribution in [2.75, 3.05) is 18.8 Å². The summed E-state index contributed by atoms with van der Waals surface area (Å²) in [5.41, 5.74) is 16.2. The van der Waals surface area contributed by atoms with Crippen molar-refractivity contribution in [1.29, 1.82) is 5.41 Å². The van der Waals surface area contributed by atoms with E-state index in [-0.39, 0.29) is 24.6 Å². The van der Waals surface area contributed by atoms with Crippen LogP contribution in [0.25, 0.3) is 0 Å². The normalized spacial score (nSPS) is 13.9. The third-order valence-corrected chi connectivity index (χ3v) is 4.11.